The Kier molecular flexibility index (Phi) is 5.13. The first-order valence-corrected chi connectivity index (χ1v) is 8.09. The van der Waals surface area contributed by atoms with Crippen LogP contribution >= 0.6 is 0 Å². The lowest BCUT2D eigenvalue weighted by atomic mass is 9.71. The van der Waals surface area contributed by atoms with E-state index in [9.17, 15) is 9.59 Å². The molecule has 1 aromatic rings. The third kappa shape index (κ3) is 2.73. The van der Waals surface area contributed by atoms with Crippen molar-refractivity contribution in [2.75, 3.05) is 13.2 Å². The van der Waals surface area contributed by atoms with Crippen molar-refractivity contribution in [1.82, 2.24) is 0 Å². The summed E-state index contributed by atoms with van der Waals surface area (Å²) in [6.07, 6.45) is -0.848. The molecule has 2 rings (SSSR count). The average molecular weight is 332 g/mol. The summed E-state index contributed by atoms with van der Waals surface area (Å²) in [5.74, 6) is -1.37. The van der Waals surface area contributed by atoms with Crippen molar-refractivity contribution in [2.24, 2.45) is 5.41 Å². The van der Waals surface area contributed by atoms with Gasteiger partial charge in [0.15, 0.2) is 0 Å². The van der Waals surface area contributed by atoms with E-state index in [0.717, 1.165) is 0 Å². The molecule has 0 N–H and O–H groups in total. The molecular weight excluding hydrogens is 308 g/mol. The maximum absolute atomic E-state index is 12.9. The summed E-state index contributed by atoms with van der Waals surface area (Å²) >= 11 is 0. The zero-order valence-corrected chi connectivity index (χ0v) is 14.6. The third-order valence-electron chi connectivity index (χ3n) is 4.31. The first kappa shape index (κ1) is 18.2. The Morgan fingerprint density at radius 3 is 2.04 bits per heavy atom. The Morgan fingerprint density at radius 2 is 1.58 bits per heavy atom. The molecule has 0 saturated carbocycles. The highest BCUT2D eigenvalue weighted by molar-refractivity contribution is 6.05. The number of hydrogen-bond acceptors (Lipinski definition) is 5. The minimum absolute atomic E-state index is 0.148. The van der Waals surface area contributed by atoms with E-state index in [1.54, 1.807) is 27.7 Å². The van der Waals surface area contributed by atoms with Gasteiger partial charge in [0.1, 0.15) is 6.10 Å². The maximum Gasteiger partial charge on any atom is 0.330 e. The molecule has 1 heterocycles. The highest BCUT2D eigenvalue weighted by Gasteiger charge is 2.67. The number of esters is 2. The number of rotatable bonds is 5. The lowest BCUT2D eigenvalue weighted by molar-refractivity contribution is -0.174. The summed E-state index contributed by atoms with van der Waals surface area (Å²) in [6, 6.07) is 9.13. The molecule has 0 aliphatic carbocycles. The summed E-state index contributed by atoms with van der Waals surface area (Å²) in [6.45, 7) is 11.3. The fraction of sp³-hybridized carbons (Fsp3) is 0.474. The Labute approximate surface area is 142 Å². The van der Waals surface area contributed by atoms with Gasteiger partial charge in [-0.15, -0.1) is 0 Å². The SMILES string of the molecule is C=C1C(C)(C)O[C@@H](c2ccccc2)C1(C(=O)OCC)C(=O)OCC. The van der Waals surface area contributed by atoms with Crippen molar-refractivity contribution < 1.29 is 23.8 Å². The van der Waals surface area contributed by atoms with E-state index < -0.39 is 29.1 Å². The van der Waals surface area contributed by atoms with Crippen LogP contribution in [0.1, 0.15) is 39.4 Å². The molecule has 0 unspecified atom stereocenters. The van der Waals surface area contributed by atoms with Crippen molar-refractivity contribution in [3.63, 3.8) is 0 Å². The van der Waals surface area contributed by atoms with Crippen LogP contribution in [0.15, 0.2) is 42.5 Å². The second-order valence-electron chi connectivity index (χ2n) is 6.15. The molecule has 0 amide bonds. The molecule has 0 aromatic heterocycles. The van der Waals surface area contributed by atoms with E-state index in [-0.39, 0.29) is 13.2 Å². The standard InChI is InChI=1S/C19H24O5/c1-6-22-16(20)19(17(21)23-7-2)13(3)18(4,5)24-15(19)14-11-9-8-10-12-14/h8-12,15H,3,6-7H2,1-2,4-5H3/t15-/m0/s1. The van der Waals surface area contributed by atoms with Crippen LogP contribution in [-0.2, 0) is 23.8 Å². The Hall–Kier alpha value is -2.14. The fourth-order valence-electron chi connectivity index (χ4n) is 3.07. The van der Waals surface area contributed by atoms with E-state index in [1.165, 1.54) is 0 Å². The summed E-state index contributed by atoms with van der Waals surface area (Å²) < 4.78 is 16.6. The monoisotopic (exact) mass is 332 g/mol. The predicted octanol–water partition coefficient (Wildman–Crippen LogP) is 3.21. The smallest absolute Gasteiger partial charge is 0.330 e. The molecule has 5 nitrogen and oxygen atoms in total. The normalized spacial score (nSPS) is 21.3. The molecule has 1 aliphatic rings. The topological polar surface area (TPSA) is 61.8 Å². The molecule has 0 spiro atoms. The molecule has 24 heavy (non-hydrogen) atoms. The molecule has 1 atom stereocenters. The van der Waals surface area contributed by atoms with Crippen molar-refractivity contribution in [2.45, 2.75) is 39.4 Å². The van der Waals surface area contributed by atoms with Crippen LogP contribution in [0.4, 0.5) is 0 Å². The number of carbonyl (C=O) groups is 2. The quantitative estimate of drug-likeness (QED) is 0.471. The Balaban J connectivity index is 2.67. The van der Waals surface area contributed by atoms with Gasteiger partial charge in [0.25, 0.3) is 0 Å². The molecule has 1 saturated heterocycles. The molecule has 1 aliphatic heterocycles. The van der Waals surface area contributed by atoms with Crippen LogP contribution in [0.2, 0.25) is 0 Å². The molecular formula is C19H24O5. The molecule has 1 aromatic carbocycles. The molecule has 1 fully saturated rings. The first-order valence-electron chi connectivity index (χ1n) is 8.09. The molecule has 130 valence electrons. The zero-order chi connectivity index (χ0) is 18.0. The van der Waals surface area contributed by atoms with E-state index in [0.29, 0.717) is 11.1 Å². The van der Waals surface area contributed by atoms with Crippen LogP contribution in [0, 0.1) is 5.41 Å². The van der Waals surface area contributed by atoms with E-state index in [2.05, 4.69) is 6.58 Å². The van der Waals surface area contributed by atoms with Crippen molar-refractivity contribution >= 4 is 11.9 Å². The molecule has 0 bridgehead atoms. The summed E-state index contributed by atoms with van der Waals surface area (Å²) in [7, 11) is 0. The van der Waals surface area contributed by atoms with Crippen molar-refractivity contribution in [1.29, 1.82) is 0 Å². The second-order valence-corrected chi connectivity index (χ2v) is 6.15. The van der Waals surface area contributed by atoms with Gasteiger partial charge in [-0.2, -0.15) is 0 Å². The van der Waals surface area contributed by atoms with Gasteiger partial charge >= 0.3 is 11.9 Å². The predicted molar refractivity (Wildman–Crippen MR) is 89.2 cm³/mol. The Morgan fingerprint density at radius 1 is 1.08 bits per heavy atom. The lowest BCUT2D eigenvalue weighted by Gasteiger charge is -2.30. The van der Waals surface area contributed by atoms with Gasteiger partial charge in [-0.25, -0.2) is 0 Å². The van der Waals surface area contributed by atoms with Gasteiger partial charge in [0, 0.05) is 0 Å². The van der Waals surface area contributed by atoms with Gasteiger partial charge in [-0.3, -0.25) is 9.59 Å². The van der Waals surface area contributed by atoms with Gasteiger partial charge in [-0.1, -0.05) is 36.9 Å². The third-order valence-corrected chi connectivity index (χ3v) is 4.31. The number of benzene rings is 1. The van der Waals surface area contributed by atoms with Gasteiger partial charge in [-0.05, 0) is 38.8 Å². The summed E-state index contributed by atoms with van der Waals surface area (Å²) in [5, 5.41) is 0. The number of hydrogen-bond donors (Lipinski definition) is 0. The fourth-order valence-corrected chi connectivity index (χ4v) is 3.07. The minimum atomic E-state index is -1.71. The first-order chi connectivity index (χ1) is 11.3. The van der Waals surface area contributed by atoms with Crippen LogP contribution < -0.4 is 0 Å². The van der Waals surface area contributed by atoms with E-state index in [1.807, 2.05) is 30.3 Å². The summed E-state index contributed by atoms with van der Waals surface area (Å²) in [5.41, 5.74) is -1.54. The van der Waals surface area contributed by atoms with Crippen LogP contribution in [-0.4, -0.2) is 30.8 Å². The highest BCUT2D eigenvalue weighted by atomic mass is 16.6. The lowest BCUT2D eigenvalue weighted by Crippen LogP contribution is -2.46. The average Bonchev–Trinajstić information content (AvgIpc) is 2.77. The van der Waals surface area contributed by atoms with Crippen LogP contribution in [0.3, 0.4) is 0 Å². The van der Waals surface area contributed by atoms with Crippen molar-refractivity contribution in [3.05, 3.63) is 48.0 Å². The van der Waals surface area contributed by atoms with Crippen LogP contribution in [0.5, 0.6) is 0 Å². The largest absolute Gasteiger partial charge is 0.465 e. The van der Waals surface area contributed by atoms with Gasteiger partial charge < -0.3 is 14.2 Å². The van der Waals surface area contributed by atoms with Gasteiger partial charge in [0.05, 0.1) is 18.8 Å². The van der Waals surface area contributed by atoms with E-state index in [4.69, 9.17) is 14.2 Å². The molecule has 0 radical (unpaired) electrons. The Bertz CT molecular complexity index is 614. The number of ether oxygens (including phenoxy) is 3. The number of carbonyl (C=O) groups excluding carboxylic acids is 2. The van der Waals surface area contributed by atoms with Gasteiger partial charge in [0.2, 0.25) is 5.41 Å². The molecule has 5 heteroatoms. The second kappa shape index (κ2) is 6.77. The minimum Gasteiger partial charge on any atom is -0.465 e. The van der Waals surface area contributed by atoms with Crippen molar-refractivity contribution in [3.8, 4) is 0 Å². The van der Waals surface area contributed by atoms with Crippen LogP contribution in [0.25, 0.3) is 0 Å². The highest BCUT2D eigenvalue weighted by Crippen LogP contribution is 2.56. The summed E-state index contributed by atoms with van der Waals surface area (Å²) in [4.78, 5) is 25.8. The maximum atomic E-state index is 12.9. The van der Waals surface area contributed by atoms with E-state index >= 15 is 0 Å². The zero-order valence-electron chi connectivity index (χ0n) is 14.6.